The fourth-order valence-electron chi connectivity index (χ4n) is 2.68. The topological polar surface area (TPSA) is 58.6 Å². The number of nitrogens with one attached hydrogen (secondary N) is 1. The molecule has 0 aliphatic carbocycles. The van der Waals surface area contributed by atoms with Crippen molar-refractivity contribution < 1.29 is 14.3 Å². The van der Waals surface area contributed by atoms with Crippen LogP contribution in [0.4, 0.5) is 5.69 Å². The van der Waals surface area contributed by atoms with E-state index in [1.54, 1.807) is 17.0 Å². The zero-order valence-electron chi connectivity index (χ0n) is 14.5. The summed E-state index contributed by atoms with van der Waals surface area (Å²) >= 11 is 0. The lowest BCUT2D eigenvalue weighted by molar-refractivity contribution is -0.121. The molecule has 0 spiro atoms. The summed E-state index contributed by atoms with van der Waals surface area (Å²) in [5, 5.41) is 2.95. The number of carbonyl (C=O) groups is 2. The molecule has 0 bridgehead atoms. The lowest BCUT2D eigenvalue weighted by Crippen LogP contribution is -2.38. The second-order valence-electron chi connectivity index (χ2n) is 6.22. The van der Waals surface area contributed by atoms with E-state index in [9.17, 15) is 9.59 Å². The summed E-state index contributed by atoms with van der Waals surface area (Å²) in [5.74, 6) is 0.567. The SMILES string of the molecule is CC[C@@H](C)NC(=O)c1ccc(CN2C(=O)COc3ccccc32)cc1. The predicted molar refractivity (Wildman–Crippen MR) is 96.8 cm³/mol. The molecule has 2 aromatic carbocycles. The Balaban J connectivity index is 1.74. The van der Waals surface area contributed by atoms with Crippen LogP contribution in [0.3, 0.4) is 0 Å². The van der Waals surface area contributed by atoms with Gasteiger partial charge < -0.3 is 15.0 Å². The van der Waals surface area contributed by atoms with E-state index in [4.69, 9.17) is 4.74 Å². The van der Waals surface area contributed by atoms with Crippen molar-refractivity contribution in [3.63, 3.8) is 0 Å². The van der Waals surface area contributed by atoms with Crippen LogP contribution in [0.15, 0.2) is 48.5 Å². The third-order valence-corrected chi connectivity index (χ3v) is 4.35. The van der Waals surface area contributed by atoms with Crippen LogP contribution in [-0.4, -0.2) is 24.5 Å². The molecule has 0 saturated heterocycles. The van der Waals surface area contributed by atoms with E-state index in [0.29, 0.717) is 17.9 Å². The minimum absolute atomic E-state index is 0.0480. The molecule has 25 heavy (non-hydrogen) atoms. The van der Waals surface area contributed by atoms with E-state index in [0.717, 1.165) is 17.7 Å². The van der Waals surface area contributed by atoms with Crippen LogP contribution in [0.5, 0.6) is 5.75 Å². The van der Waals surface area contributed by atoms with Crippen molar-refractivity contribution in [2.75, 3.05) is 11.5 Å². The van der Waals surface area contributed by atoms with Crippen LogP contribution in [0.1, 0.15) is 36.2 Å². The van der Waals surface area contributed by atoms with E-state index in [1.165, 1.54) is 0 Å². The van der Waals surface area contributed by atoms with Crippen LogP contribution < -0.4 is 15.0 Å². The van der Waals surface area contributed by atoms with Crippen LogP contribution in [0, 0.1) is 0 Å². The fourth-order valence-corrected chi connectivity index (χ4v) is 2.68. The molecule has 2 amide bonds. The van der Waals surface area contributed by atoms with Crippen LogP contribution in [-0.2, 0) is 11.3 Å². The number of amides is 2. The van der Waals surface area contributed by atoms with Crippen LogP contribution >= 0.6 is 0 Å². The Morgan fingerprint density at radius 1 is 1.20 bits per heavy atom. The highest BCUT2D eigenvalue weighted by molar-refractivity contribution is 5.98. The van der Waals surface area contributed by atoms with Gasteiger partial charge in [-0.3, -0.25) is 9.59 Å². The Morgan fingerprint density at radius 3 is 2.64 bits per heavy atom. The first kappa shape index (κ1) is 17.0. The molecule has 1 heterocycles. The molecule has 130 valence electrons. The standard InChI is InChI=1S/C20H22N2O3/c1-3-14(2)21-20(24)16-10-8-15(9-11-16)12-22-17-6-4-5-7-18(17)25-13-19(22)23/h4-11,14H,3,12-13H2,1-2H3,(H,21,24)/t14-/m1/s1. The number of fused-ring (bicyclic) bond motifs is 1. The Morgan fingerprint density at radius 2 is 1.92 bits per heavy atom. The molecule has 1 atom stereocenters. The first-order chi connectivity index (χ1) is 12.1. The van der Waals surface area contributed by atoms with E-state index in [-0.39, 0.29) is 24.5 Å². The molecule has 0 radical (unpaired) electrons. The quantitative estimate of drug-likeness (QED) is 0.911. The van der Waals surface area contributed by atoms with Gasteiger partial charge in [-0.25, -0.2) is 0 Å². The lowest BCUT2D eigenvalue weighted by Gasteiger charge is -2.29. The monoisotopic (exact) mass is 338 g/mol. The van der Waals surface area contributed by atoms with Gasteiger partial charge in [0, 0.05) is 11.6 Å². The maximum Gasteiger partial charge on any atom is 0.265 e. The van der Waals surface area contributed by atoms with Gasteiger partial charge in [0.2, 0.25) is 0 Å². The third-order valence-electron chi connectivity index (χ3n) is 4.35. The first-order valence-electron chi connectivity index (χ1n) is 8.50. The van der Waals surface area contributed by atoms with Gasteiger partial charge in [0.1, 0.15) is 5.75 Å². The second-order valence-corrected chi connectivity index (χ2v) is 6.22. The average molecular weight is 338 g/mol. The number of anilines is 1. The summed E-state index contributed by atoms with van der Waals surface area (Å²) in [6, 6.07) is 15.0. The maximum atomic E-state index is 12.2. The van der Waals surface area contributed by atoms with Crippen molar-refractivity contribution in [2.45, 2.75) is 32.9 Å². The number of rotatable bonds is 5. The summed E-state index contributed by atoms with van der Waals surface area (Å²) in [5.41, 5.74) is 2.36. The molecular formula is C20H22N2O3. The number of benzene rings is 2. The Hall–Kier alpha value is -2.82. The lowest BCUT2D eigenvalue weighted by atomic mass is 10.1. The number of para-hydroxylation sites is 2. The van der Waals surface area contributed by atoms with Gasteiger partial charge in [-0.2, -0.15) is 0 Å². The van der Waals surface area contributed by atoms with Crippen molar-refractivity contribution in [3.05, 3.63) is 59.7 Å². The molecule has 1 aliphatic rings. The van der Waals surface area contributed by atoms with E-state index in [2.05, 4.69) is 5.32 Å². The predicted octanol–water partition coefficient (Wildman–Crippen LogP) is 3.14. The molecule has 0 saturated carbocycles. The number of nitrogens with zero attached hydrogens (tertiary/aromatic N) is 1. The number of ether oxygens (including phenoxy) is 1. The fraction of sp³-hybridized carbons (Fsp3) is 0.300. The summed E-state index contributed by atoms with van der Waals surface area (Å²) in [7, 11) is 0. The smallest absolute Gasteiger partial charge is 0.265 e. The summed E-state index contributed by atoms with van der Waals surface area (Å²) in [4.78, 5) is 26.1. The zero-order chi connectivity index (χ0) is 17.8. The largest absolute Gasteiger partial charge is 0.482 e. The first-order valence-corrected chi connectivity index (χ1v) is 8.50. The van der Waals surface area contributed by atoms with Gasteiger partial charge >= 0.3 is 0 Å². The molecule has 2 aromatic rings. The maximum absolute atomic E-state index is 12.2. The van der Waals surface area contributed by atoms with E-state index >= 15 is 0 Å². The van der Waals surface area contributed by atoms with Crippen molar-refractivity contribution >= 4 is 17.5 Å². The molecule has 5 heteroatoms. The molecule has 0 fully saturated rings. The highest BCUT2D eigenvalue weighted by Gasteiger charge is 2.25. The molecule has 5 nitrogen and oxygen atoms in total. The third kappa shape index (κ3) is 3.82. The van der Waals surface area contributed by atoms with Gasteiger partial charge in [0.05, 0.1) is 12.2 Å². The average Bonchev–Trinajstić information content (AvgIpc) is 2.64. The Labute approximate surface area is 147 Å². The molecule has 0 aromatic heterocycles. The van der Waals surface area contributed by atoms with E-state index < -0.39 is 0 Å². The zero-order valence-corrected chi connectivity index (χ0v) is 14.5. The number of hydrogen-bond donors (Lipinski definition) is 1. The Kier molecular flexibility index (Phi) is 5.03. The van der Waals surface area contributed by atoms with Gasteiger partial charge in [-0.1, -0.05) is 31.2 Å². The van der Waals surface area contributed by atoms with Crippen molar-refractivity contribution in [1.29, 1.82) is 0 Å². The molecule has 1 aliphatic heterocycles. The molecule has 0 unspecified atom stereocenters. The summed E-state index contributed by atoms with van der Waals surface area (Å²) < 4.78 is 5.46. The molecule has 1 N–H and O–H groups in total. The highest BCUT2D eigenvalue weighted by Crippen LogP contribution is 2.32. The van der Waals surface area contributed by atoms with Gasteiger partial charge in [-0.15, -0.1) is 0 Å². The van der Waals surface area contributed by atoms with Crippen molar-refractivity contribution in [1.82, 2.24) is 5.32 Å². The minimum Gasteiger partial charge on any atom is -0.482 e. The normalized spacial score (nSPS) is 14.5. The second kappa shape index (κ2) is 7.38. The summed E-state index contributed by atoms with van der Waals surface area (Å²) in [6.07, 6.45) is 0.891. The van der Waals surface area contributed by atoms with E-state index in [1.807, 2.05) is 50.2 Å². The molecule has 3 rings (SSSR count). The number of hydrogen-bond acceptors (Lipinski definition) is 3. The van der Waals surface area contributed by atoms with Crippen molar-refractivity contribution in [3.8, 4) is 5.75 Å². The van der Waals surface area contributed by atoms with Gasteiger partial charge in [-0.05, 0) is 43.2 Å². The molecular weight excluding hydrogens is 316 g/mol. The van der Waals surface area contributed by atoms with Crippen LogP contribution in [0.2, 0.25) is 0 Å². The van der Waals surface area contributed by atoms with Crippen molar-refractivity contribution in [2.24, 2.45) is 0 Å². The Bertz CT molecular complexity index is 771. The minimum atomic E-state index is -0.0753. The van der Waals surface area contributed by atoms with Crippen LogP contribution in [0.25, 0.3) is 0 Å². The summed E-state index contributed by atoms with van der Waals surface area (Å²) in [6.45, 7) is 4.51. The highest BCUT2D eigenvalue weighted by atomic mass is 16.5. The number of carbonyl (C=O) groups excluding carboxylic acids is 2. The van der Waals surface area contributed by atoms with Gasteiger partial charge in [0.25, 0.3) is 11.8 Å². The van der Waals surface area contributed by atoms with Gasteiger partial charge in [0.15, 0.2) is 6.61 Å².